The SMILES string of the molecule is CNCc1ccc(C)c(Cl)n1. The van der Waals surface area contributed by atoms with Crippen molar-refractivity contribution in [3.8, 4) is 0 Å². The summed E-state index contributed by atoms with van der Waals surface area (Å²) in [6.07, 6.45) is 0. The molecule has 11 heavy (non-hydrogen) atoms. The maximum absolute atomic E-state index is 5.81. The largest absolute Gasteiger partial charge is 0.314 e. The molecule has 1 aromatic rings. The summed E-state index contributed by atoms with van der Waals surface area (Å²) in [4.78, 5) is 4.17. The van der Waals surface area contributed by atoms with Crippen molar-refractivity contribution in [1.82, 2.24) is 10.3 Å². The normalized spacial score (nSPS) is 10.1. The number of hydrogen-bond acceptors (Lipinski definition) is 2. The minimum atomic E-state index is 0.595. The second-order valence-electron chi connectivity index (χ2n) is 2.44. The second kappa shape index (κ2) is 3.69. The van der Waals surface area contributed by atoms with E-state index in [4.69, 9.17) is 11.6 Å². The smallest absolute Gasteiger partial charge is 0.132 e. The van der Waals surface area contributed by atoms with Crippen LogP contribution in [-0.4, -0.2) is 12.0 Å². The minimum Gasteiger partial charge on any atom is -0.314 e. The van der Waals surface area contributed by atoms with Crippen LogP contribution >= 0.6 is 11.6 Å². The average molecular weight is 171 g/mol. The molecule has 1 aromatic heterocycles. The van der Waals surface area contributed by atoms with Crippen LogP contribution in [0.3, 0.4) is 0 Å². The molecular weight excluding hydrogens is 160 g/mol. The summed E-state index contributed by atoms with van der Waals surface area (Å²) < 4.78 is 0. The zero-order chi connectivity index (χ0) is 8.27. The van der Waals surface area contributed by atoms with Crippen LogP contribution in [0.5, 0.6) is 0 Å². The molecule has 3 heteroatoms. The predicted octanol–water partition coefficient (Wildman–Crippen LogP) is 1.76. The van der Waals surface area contributed by atoms with Crippen LogP contribution in [0.4, 0.5) is 0 Å². The number of aryl methyl sites for hydroxylation is 1. The first-order valence-electron chi connectivity index (χ1n) is 3.50. The zero-order valence-corrected chi connectivity index (χ0v) is 7.44. The zero-order valence-electron chi connectivity index (χ0n) is 6.69. The molecule has 1 heterocycles. The van der Waals surface area contributed by atoms with E-state index < -0.39 is 0 Å². The third kappa shape index (κ3) is 2.17. The van der Waals surface area contributed by atoms with Crippen LogP contribution in [0, 0.1) is 6.92 Å². The summed E-state index contributed by atoms with van der Waals surface area (Å²) in [5.41, 5.74) is 2.00. The lowest BCUT2D eigenvalue weighted by atomic mass is 10.3. The van der Waals surface area contributed by atoms with Gasteiger partial charge < -0.3 is 5.32 Å². The van der Waals surface area contributed by atoms with E-state index in [9.17, 15) is 0 Å². The molecule has 60 valence electrons. The molecule has 0 saturated heterocycles. The number of halogens is 1. The van der Waals surface area contributed by atoms with Gasteiger partial charge in [-0.2, -0.15) is 0 Å². The molecule has 0 aromatic carbocycles. The average Bonchev–Trinajstić information content (AvgIpc) is 1.98. The van der Waals surface area contributed by atoms with Crippen molar-refractivity contribution in [2.45, 2.75) is 13.5 Å². The Hall–Kier alpha value is -0.600. The lowest BCUT2D eigenvalue weighted by Crippen LogP contribution is -2.06. The molecule has 0 amide bonds. The molecule has 1 rings (SSSR count). The number of pyridine rings is 1. The standard InChI is InChI=1S/C8H11ClN2/c1-6-3-4-7(5-10-2)11-8(6)9/h3-4,10H,5H2,1-2H3. The highest BCUT2D eigenvalue weighted by molar-refractivity contribution is 6.30. The summed E-state index contributed by atoms with van der Waals surface area (Å²) in [6.45, 7) is 2.71. The number of nitrogens with zero attached hydrogens (tertiary/aromatic N) is 1. The van der Waals surface area contributed by atoms with Crippen molar-refractivity contribution in [2.75, 3.05) is 7.05 Å². The maximum atomic E-state index is 5.81. The first-order valence-corrected chi connectivity index (χ1v) is 3.88. The molecule has 0 bridgehead atoms. The van der Waals surface area contributed by atoms with Gasteiger partial charge in [-0.15, -0.1) is 0 Å². The topological polar surface area (TPSA) is 24.9 Å². The van der Waals surface area contributed by atoms with Crippen molar-refractivity contribution in [3.05, 3.63) is 28.5 Å². The van der Waals surface area contributed by atoms with E-state index in [2.05, 4.69) is 10.3 Å². The quantitative estimate of drug-likeness (QED) is 0.685. The van der Waals surface area contributed by atoms with Gasteiger partial charge in [-0.05, 0) is 25.6 Å². The Morgan fingerprint density at radius 1 is 1.55 bits per heavy atom. The minimum absolute atomic E-state index is 0.595. The highest BCUT2D eigenvalue weighted by Gasteiger charge is 1.97. The summed E-state index contributed by atoms with van der Waals surface area (Å²) in [5, 5.41) is 3.60. The van der Waals surface area contributed by atoms with Crippen molar-refractivity contribution < 1.29 is 0 Å². The first-order chi connectivity index (χ1) is 5.24. The fourth-order valence-electron chi connectivity index (χ4n) is 0.821. The van der Waals surface area contributed by atoms with Crippen molar-refractivity contribution in [2.24, 2.45) is 0 Å². The summed E-state index contributed by atoms with van der Waals surface area (Å²) >= 11 is 5.81. The van der Waals surface area contributed by atoms with Gasteiger partial charge in [0.2, 0.25) is 0 Å². The number of nitrogens with one attached hydrogen (secondary N) is 1. The van der Waals surface area contributed by atoms with E-state index in [0.29, 0.717) is 5.15 Å². The molecule has 2 nitrogen and oxygen atoms in total. The molecule has 0 fully saturated rings. The molecular formula is C8H11ClN2. The number of hydrogen-bond donors (Lipinski definition) is 1. The van der Waals surface area contributed by atoms with Gasteiger partial charge in [0.25, 0.3) is 0 Å². The van der Waals surface area contributed by atoms with Crippen LogP contribution in [0.15, 0.2) is 12.1 Å². The molecule has 0 aliphatic carbocycles. The van der Waals surface area contributed by atoms with Gasteiger partial charge in [0.1, 0.15) is 5.15 Å². The van der Waals surface area contributed by atoms with E-state index in [1.165, 1.54) is 0 Å². The molecule has 0 saturated carbocycles. The van der Waals surface area contributed by atoms with E-state index in [-0.39, 0.29) is 0 Å². The molecule has 0 radical (unpaired) electrons. The summed E-state index contributed by atoms with van der Waals surface area (Å²) in [6, 6.07) is 3.94. The van der Waals surface area contributed by atoms with E-state index in [0.717, 1.165) is 17.8 Å². The number of aromatic nitrogens is 1. The molecule has 0 aliphatic rings. The molecule has 0 atom stereocenters. The first kappa shape index (κ1) is 8.50. The third-order valence-electron chi connectivity index (χ3n) is 1.45. The van der Waals surface area contributed by atoms with Gasteiger partial charge in [-0.25, -0.2) is 4.98 Å². The van der Waals surface area contributed by atoms with Crippen molar-refractivity contribution >= 4 is 11.6 Å². The van der Waals surface area contributed by atoms with Crippen molar-refractivity contribution in [1.29, 1.82) is 0 Å². The Balaban J connectivity index is 2.86. The lowest BCUT2D eigenvalue weighted by Gasteiger charge is -2.00. The number of rotatable bonds is 2. The lowest BCUT2D eigenvalue weighted by molar-refractivity contribution is 0.790. The Labute approximate surface area is 71.6 Å². The van der Waals surface area contributed by atoms with Gasteiger partial charge in [0.15, 0.2) is 0 Å². The monoisotopic (exact) mass is 170 g/mol. The third-order valence-corrected chi connectivity index (χ3v) is 1.83. The van der Waals surface area contributed by atoms with Crippen LogP contribution in [-0.2, 0) is 6.54 Å². The summed E-state index contributed by atoms with van der Waals surface area (Å²) in [5.74, 6) is 0. The Bertz CT molecular complexity index is 248. The van der Waals surface area contributed by atoms with Gasteiger partial charge in [-0.3, -0.25) is 0 Å². The fourth-order valence-corrected chi connectivity index (χ4v) is 0.993. The predicted molar refractivity (Wildman–Crippen MR) is 46.7 cm³/mol. The van der Waals surface area contributed by atoms with Crippen LogP contribution < -0.4 is 5.32 Å². The van der Waals surface area contributed by atoms with Crippen molar-refractivity contribution in [3.63, 3.8) is 0 Å². The van der Waals surface area contributed by atoms with Crippen LogP contribution in [0.25, 0.3) is 0 Å². The molecule has 0 unspecified atom stereocenters. The highest BCUT2D eigenvalue weighted by atomic mass is 35.5. The van der Waals surface area contributed by atoms with Gasteiger partial charge >= 0.3 is 0 Å². The van der Waals surface area contributed by atoms with Gasteiger partial charge in [0.05, 0.1) is 5.69 Å². The van der Waals surface area contributed by atoms with Crippen LogP contribution in [0.2, 0.25) is 5.15 Å². The second-order valence-corrected chi connectivity index (χ2v) is 2.80. The molecule has 1 N–H and O–H groups in total. The Morgan fingerprint density at radius 3 is 2.82 bits per heavy atom. The van der Waals surface area contributed by atoms with Crippen LogP contribution in [0.1, 0.15) is 11.3 Å². The van der Waals surface area contributed by atoms with E-state index in [1.54, 1.807) is 0 Å². The van der Waals surface area contributed by atoms with E-state index >= 15 is 0 Å². The highest BCUT2D eigenvalue weighted by Crippen LogP contribution is 2.11. The Morgan fingerprint density at radius 2 is 2.27 bits per heavy atom. The molecule has 0 aliphatic heterocycles. The van der Waals surface area contributed by atoms with E-state index in [1.807, 2.05) is 26.1 Å². The molecule has 0 spiro atoms. The summed E-state index contributed by atoms with van der Waals surface area (Å²) in [7, 11) is 1.88. The van der Waals surface area contributed by atoms with Gasteiger partial charge in [0, 0.05) is 6.54 Å². The maximum Gasteiger partial charge on any atom is 0.132 e. The fraction of sp³-hybridized carbons (Fsp3) is 0.375. The van der Waals surface area contributed by atoms with Gasteiger partial charge in [-0.1, -0.05) is 17.7 Å². The Kier molecular flexibility index (Phi) is 2.85.